The lowest BCUT2D eigenvalue weighted by Gasteiger charge is -2.49. The molecular formula is C21H24N7O6S2+. The number of fused-ring (bicyclic) bond motifs is 1. The standard InChI is InChI=1S/C21H23N7O6S2/c1-2-34-25-13(16-24-21(22)36-26-16)17(30)23-14-18(31)28-15(20(32)33)11(10-35-19(14)28)9-27-7-4-3-5-12(27)6-8-29/h3-5,7,14,19,29H,2,6,8-10H2,1H3,(H3-,22,23,24,26,30,32,33)/p+1/t14?,19-/m1/s1. The largest absolute Gasteiger partial charge is 0.477 e. The first kappa shape index (κ1) is 25.5. The Bertz CT molecular complexity index is 1250. The van der Waals surface area contributed by atoms with Gasteiger partial charge < -0.3 is 26.1 Å². The monoisotopic (exact) mass is 534 g/mol. The summed E-state index contributed by atoms with van der Waals surface area (Å²) in [6.07, 6.45) is 2.21. The number of pyridine rings is 1. The molecular weight excluding hydrogens is 510 g/mol. The van der Waals surface area contributed by atoms with Crippen molar-refractivity contribution >= 4 is 51.9 Å². The zero-order valence-corrected chi connectivity index (χ0v) is 20.8. The zero-order chi connectivity index (χ0) is 25.8. The van der Waals surface area contributed by atoms with Crippen LogP contribution in [0.2, 0.25) is 0 Å². The fourth-order valence-corrected chi connectivity index (χ4v) is 5.64. The number of nitrogens with zero attached hydrogens (tertiary/aromatic N) is 5. The van der Waals surface area contributed by atoms with Gasteiger partial charge in [-0.2, -0.15) is 13.9 Å². The van der Waals surface area contributed by atoms with Crippen LogP contribution < -0.4 is 15.6 Å². The van der Waals surface area contributed by atoms with Crippen LogP contribution >= 0.6 is 23.3 Å². The van der Waals surface area contributed by atoms with Crippen LogP contribution in [0.25, 0.3) is 0 Å². The molecule has 15 heteroatoms. The van der Waals surface area contributed by atoms with E-state index in [1.807, 2.05) is 22.8 Å². The summed E-state index contributed by atoms with van der Waals surface area (Å²) in [4.78, 5) is 48.3. The third kappa shape index (κ3) is 5.03. The second kappa shape index (κ2) is 11.0. The van der Waals surface area contributed by atoms with Gasteiger partial charge in [0.15, 0.2) is 23.6 Å². The molecule has 2 aromatic rings. The van der Waals surface area contributed by atoms with Gasteiger partial charge in [0.1, 0.15) is 23.7 Å². The average molecular weight is 535 g/mol. The number of hydrogen-bond acceptors (Lipinski definition) is 11. The normalized spacial score (nSPS) is 19.6. The molecule has 2 aromatic heterocycles. The number of carboxylic acids is 1. The lowest BCUT2D eigenvalue weighted by Crippen LogP contribution is -2.71. The van der Waals surface area contributed by atoms with E-state index in [-0.39, 0.29) is 42.1 Å². The number of oxime groups is 1. The molecule has 190 valence electrons. The molecule has 2 atom stereocenters. The molecule has 0 aromatic carbocycles. The molecule has 0 radical (unpaired) electrons. The predicted molar refractivity (Wildman–Crippen MR) is 130 cm³/mol. The number of nitrogen functional groups attached to an aromatic ring is 1. The lowest BCUT2D eigenvalue weighted by molar-refractivity contribution is -0.696. The zero-order valence-electron chi connectivity index (χ0n) is 19.2. The summed E-state index contributed by atoms with van der Waals surface area (Å²) < 4.78 is 5.83. The van der Waals surface area contributed by atoms with E-state index in [4.69, 9.17) is 10.6 Å². The fourth-order valence-electron chi connectivity index (χ4n) is 3.87. The number of anilines is 1. The van der Waals surface area contributed by atoms with E-state index in [0.29, 0.717) is 17.7 Å². The maximum atomic E-state index is 13.0. The van der Waals surface area contributed by atoms with Crippen LogP contribution in [0.4, 0.5) is 5.13 Å². The van der Waals surface area contributed by atoms with Crippen molar-refractivity contribution in [2.24, 2.45) is 5.16 Å². The van der Waals surface area contributed by atoms with E-state index in [1.165, 1.54) is 16.7 Å². The van der Waals surface area contributed by atoms with E-state index >= 15 is 0 Å². The van der Waals surface area contributed by atoms with Gasteiger partial charge in [0.05, 0.1) is 13.0 Å². The average Bonchev–Trinajstić information content (AvgIpc) is 3.29. The van der Waals surface area contributed by atoms with Gasteiger partial charge in [0.2, 0.25) is 11.5 Å². The molecule has 1 fully saturated rings. The van der Waals surface area contributed by atoms with E-state index < -0.39 is 29.2 Å². The smallest absolute Gasteiger partial charge is 0.352 e. The fraction of sp³-hybridized carbons (Fsp3) is 0.381. The lowest BCUT2D eigenvalue weighted by atomic mass is 10.0. The number of carbonyl (C=O) groups is 3. The third-order valence-electron chi connectivity index (χ3n) is 5.45. The van der Waals surface area contributed by atoms with Gasteiger partial charge in [-0.1, -0.05) is 11.2 Å². The number of nitrogens with two attached hydrogens (primary N) is 1. The predicted octanol–water partition coefficient (Wildman–Crippen LogP) is -0.878. The van der Waals surface area contributed by atoms with Crippen LogP contribution in [0, 0.1) is 0 Å². The number of rotatable bonds is 10. The van der Waals surface area contributed by atoms with Crippen molar-refractivity contribution in [3.05, 3.63) is 47.2 Å². The van der Waals surface area contributed by atoms with E-state index in [2.05, 4.69) is 19.8 Å². The first-order valence-electron chi connectivity index (χ1n) is 10.9. The molecule has 1 saturated heterocycles. The highest BCUT2D eigenvalue weighted by molar-refractivity contribution is 8.00. The Morgan fingerprint density at radius 1 is 1.42 bits per heavy atom. The molecule has 5 N–H and O–H groups in total. The van der Waals surface area contributed by atoms with Crippen LogP contribution in [-0.4, -0.2) is 78.3 Å². The number of β-lactam (4-membered cyclic amide) rings is 1. The van der Waals surface area contributed by atoms with Crippen LogP contribution in [0.1, 0.15) is 18.4 Å². The molecule has 2 aliphatic heterocycles. The summed E-state index contributed by atoms with van der Waals surface area (Å²) in [7, 11) is 0. The number of hydrogen-bond donors (Lipinski definition) is 4. The van der Waals surface area contributed by atoms with Crippen LogP contribution in [0.3, 0.4) is 0 Å². The second-order valence-corrected chi connectivity index (χ2v) is 9.61. The highest BCUT2D eigenvalue weighted by atomic mass is 32.2. The molecule has 13 nitrogen and oxygen atoms in total. The molecule has 0 spiro atoms. The minimum atomic E-state index is -1.23. The van der Waals surface area contributed by atoms with Crippen LogP contribution in [-0.2, 0) is 32.2 Å². The summed E-state index contributed by atoms with van der Waals surface area (Å²) in [6.45, 7) is 2.08. The summed E-state index contributed by atoms with van der Waals surface area (Å²) >= 11 is 2.23. The number of thioether (sulfide) groups is 1. The van der Waals surface area contributed by atoms with E-state index in [1.54, 1.807) is 13.1 Å². The van der Waals surface area contributed by atoms with Crippen molar-refractivity contribution in [1.82, 2.24) is 19.6 Å². The minimum Gasteiger partial charge on any atom is -0.477 e. The first-order valence-corrected chi connectivity index (χ1v) is 12.8. The van der Waals surface area contributed by atoms with E-state index in [9.17, 15) is 24.6 Å². The number of nitrogens with one attached hydrogen (secondary N) is 1. The second-order valence-electron chi connectivity index (χ2n) is 7.73. The SMILES string of the molecule is CCON=C(C(=O)NC1C(=O)N2C(C(=O)O)=C(C[n+]3ccccc3CCO)CS[C@H]12)c1nsc(N)n1. The highest BCUT2D eigenvalue weighted by Gasteiger charge is 2.55. The maximum absolute atomic E-state index is 13.0. The van der Waals surface area contributed by atoms with Gasteiger partial charge in [0, 0.05) is 35.0 Å². The van der Waals surface area contributed by atoms with Crippen LogP contribution in [0.5, 0.6) is 0 Å². The summed E-state index contributed by atoms with van der Waals surface area (Å²) in [6, 6.07) is 4.54. The minimum absolute atomic E-state index is 0.0321. The van der Waals surface area contributed by atoms with Gasteiger partial charge in [0.25, 0.3) is 11.8 Å². The molecule has 36 heavy (non-hydrogen) atoms. The van der Waals surface area contributed by atoms with E-state index in [0.717, 1.165) is 17.2 Å². The molecule has 1 unspecified atom stereocenters. The number of carboxylic acid groups (broad SMARTS) is 1. The molecule has 0 aliphatic carbocycles. The number of aliphatic hydroxyl groups excluding tert-OH is 1. The Morgan fingerprint density at radius 2 is 2.22 bits per heavy atom. The topological polar surface area (TPSA) is 184 Å². The van der Waals surface area contributed by atoms with Gasteiger partial charge in [-0.25, -0.2) is 4.79 Å². The molecule has 0 bridgehead atoms. The van der Waals surface area contributed by atoms with Gasteiger partial charge in [-0.05, 0) is 6.92 Å². The number of aliphatic hydroxyl groups is 1. The van der Waals surface area contributed by atoms with Crippen LogP contribution in [0.15, 0.2) is 40.8 Å². The van der Waals surface area contributed by atoms with Gasteiger partial charge in [-0.3, -0.25) is 14.5 Å². The summed E-state index contributed by atoms with van der Waals surface area (Å²) in [5, 5.41) is 25.2. The molecule has 2 amide bonds. The summed E-state index contributed by atoms with van der Waals surface area (Å²) in [5.41, 5.74) is 6.67. The maximum Gasteiger partial charge on any atom is 0.352 e. The first-order chi connectivity index (χ1) is 17.3. The van der Waals surface area contributed by atoms with Crippen molar-refractivity contribution in [2.45, 2.75) is 31.3 Å². The Hall–Kier alpha value is -3.56. The van der Waals surface area contributed by atoms with Crippen molar-refractivity contribution < 1.29 is 34.0 Å². The highest BCUT2D eigenvalue weighted by Crippen LogP contribution is 2.40. The number of aromatic nitrogens is 3. The van der Waals surface area contributed by atoms with Crippen molar-refractivity contribution in [3.63, 3.8) is 0 Å². The van der Waals surface area contributed by atoms with Crippen molar-refractivity contribution in [2.75, 3.05) is 24.7 Å². The van der Waals surface area contributed by atoms with Crippen molar-refractivity contribution in [1.29, 1.82) is 0 Å². The summed E-state index contributed by atoms with van der Waals surface area (Å²) in [5.74, 6) is -2.21. The van der Waals surface area contributed by atoms with Crippen molar-refractivity contribution in [3.8, 4) is 0 Å². The molecule has 4 rings (SSSR count). The number of amides is 2. The molecule has 4 heterocycles. The number of aliphatic carboxylic acids is 1. The Morgan fingerprint density at radius 3 is 2.89 bits per heavy atom. The Kier molecular flexibility index (Phi) is 7.81. The quantitative estimate of drug-likeness (QED) is 0.129. The van der Waals surface area contributed by atoms with Gasteiger partial charge >= 0.3 is 5.97 Å². The Balaban J connectivity index is 1.54. The Labute approximate surface area is 213 Å². The molecule has 0 saturated carbocycles. The third-order valence-corrected chi connectivity index (χ3v) is 7.34. The molecule has 2 aliphatic rings. The number of carbonyl (C=O) groups excluding carboxylic acids is 2. The van der Waals surface area contributed by atoms with Gasteiger partial charge in [-0.15, -0.1) is 11.8 Å².